The molecule has 0 atom stereocenters. The zero-order valence-corrected chi connectivity index (χ0v) is 12.8. The van der Waals surface area contributed by atoms with Crippen molar-refractivity contribution in [3.63, 3.8) is 0 Å². The summed E-state index contributed by atoms with van der Waals surface area (Å²) in [5.41, 5.74) is 1.14. The van der Waals surface area contributed by atoms with Crippen LogP contribution < -0.4 is 5.32 Å². The molecule has 0 saturated heterocycles. The number of tetrazole rings is 1. The Kier molecular flexibility index (Phi) is 5.42. The third kappa shape index (κ3) is 4.26. The molecule has 0 saturated carbocycles. The van der Waals surface area contributed by atoms with Crippen LogP contribution in [0.5, 0.6) is 0 Å². The minimum Gasteiger partial charge on any atom is -0.325 e. The quantitative estimate of drug-likeness (QED) is 0.476. The fourth-order valence-electron chi connectivity index (χ4n) is 1.68. The number of carbonyl (C=O) groups is 2. The van der Waals surface area contributed by atoms with Gasteiger partial charge in [-0.25, -0.2) is 4.68 Å². The molecule has 1 amide bonds. The fraction of sp³-hybridized carbons (Fsp3) is 0.214. The van der Waals surface area contributed by atoms with Gasteiger partial charge < -0.3 is 5.32 Å². The number of anilines is 1. The summed E-state index contributed by atoms with van der Waals surface area (Å²) in [6.07, 6.45) is 1.67. The van der Waals surface area contributed by atoms with Crippen LogP contribution in [-0.2, 0) is 11.3 Å². The van der Waals surface area contributed by atoms with E-state index in [0.29, 0.717) is 23.0 Å². The number of carbonyl (C=O) groups excluding carboxylic acids is 2. The van der Waals surface area contributed by atoms with Crippen LogP contribution in [0, 0.1) is 0 Å². The molecule has 0 aliphatic carbocycles. The van der Waals surface area contributed by atoms with Gasteiger partial charge in [-0.05, 0) is 29.5 Å². The summed E-state index contributed by atoms with van der Waals surface area (Å²) in [5, 5.41) is 14.5. The van der Waals surface area contributed by atoms with Crippen LogP contribution in [0.25, 0.3) is 0 Å². The molecule has 0 radical (unpaired) electrons. The van der Waals surface area contributed by atoms with Crippen molar-refractivity contribution in [2.75, 3.05) is 11.1 Å². The molecule has 7 nitrogen and oxygen atoms in total. The first kappa shape index (κ1) is 15.9. The van der Waals surface area contributed by atoms with Crippen LogP contribution in [-0.4, -0.2) is 37.7 Å². The smallest absolute Gasteiger partial charge is 0.234 e. The average molecular weight is 317 g/mol. The molecule has 0 bridgehead atoms. The zero-order valence-electron chi connectivity index (χ0n) is 12.0. The van der Waals surface area contributed by atoms with E-state index in [1.807, 2.05) is 0 Å². The number of hydrogen-bond acceptors (Lipinski definition) is 6. The Morgan fingerprint density at radius 2 is 2.27 bits per heavy atom. The monoisotopic (exact) mass is 317 g/mol. The van der Waals surface area contributed by atoms with Crippen LogP contribution in [0.3, 0.4) is 0 Å². The number of amides is 1. The van der Waals surface area contributed by atoms with E-state index in [0.717, 1.165) is 0 Å². The van der Waals surface area contributed by atoms with Gasteiger partial charge in [0.15, 0.2) is 5.78 Å². The van der Waals surface area contributed by atoms with Crippen molar-refractivity contribution in [1.82, 2.24) is 20.2 Å². The summed E-state index contributed by atoms with van der Waals surface area (Å²) in [5.74, 6) is -0.0742. The molecule has 2 rings (SSSR count). The Morgan fingerprint density at radius 3 is 3.00 bits per heavy atom. The summed E-state index contributed by atoms with van der Waals surface area (Å²) in [4.78, 5) is 23.3. The van der Waals surface area contributed by atoms with Gasteiger partial charge in [-0.2, -0.15) is 0 Å². The minimum absolute atomic E-state index is 0.0472. The first-order valence-electron chi connectivity index (χ1n) is 6.51. The molecule has 8 heteroatoms. The largest absolute Gasteiger partial charge is 0.325 e. The van der Waals surface area contributed by atoms with E-state index < -0.39 is 0 Å². The van der Waals surface area contributed by atoms with Gasteiger partial charge in [0.1, 0.15) is 0 Å². The maximum absolute atomic E-state index is 11.9. The number of nitrogens with one attached hydrogen (secondary N) is 1. The molecule has 1 N–H and O–H groups in total. The highest BCUT2D eigenvalue weighted by atomic mass is 32.2. The molecule has 114 valence electrons. The predicted molar refractivity (Wildman–Crippen MR) is 83.8 cm³/mol. The third-order valence-corrected chi connectivity index (χ3v) is 3.64. The van der Waals surface area contributed by atoms with E-state index in [1.54, 1.807) is 35.0 Å². The highest BCUT2D eigenvalue weighted by molar-refractivity contribution is 7.99. The van der Waals surface area contributed by atoms with E-state index in [1.165, 1.54) is 18.7 Å². The molecule has 0 fully saturated rings. The van der Waals surface area contributed by atoms with Gasteiger partial charge in [-0.3, -0.25) is 9.59 Å². The Balaban J connectivity index is 1.93. The lowest BCUT2D eigenvalue weighted by Gasteiger charge is -2.06. The second kappa shape index (κ2) is 7.51. The van der Waals surface area contributed by atoms with Crippen molar-refractivity contribution in [3.05, 3.63) is 42.5 Å². The molecule has 2 aromatic rings. The van der Waals surface area contributed by atoms with Gasteiger partial charge in [-0.15, -0.1) is 11.7 Å². The number of allylic oxidation sites excluding steroid dienone is 1. The molecule has 0 unspecified atom stereocenters. The van der Waals surface area contributed by atoms with E-state index in [4.69, 9.17) is 0 Å². The summed E-state index contributed by atoms with van der Waals surface area (Å²) >= 11 is 1.23. The molecular formula is C14H15N5O2S. The molecule has 22 heavy (non-hydrogen) atoms. The number of ketones is 1. The summed E-state index contributed by atoms with van der Waals surface area (Å²) in [7, 11) is 0. The number of aromatic nitrogens is 4. The lowest BCUT2D eigenvalue weighted by atomic mass is 10.1. The van der Waals surface area contributed by atoms with E-state index in [2.05, 4.69) is 27.4 Å². The third-order valence-electron chi connectivity index (χ3n) is 2.69. The fourth-order valence-corrected chi connectivity index (χ4v) is 2.37. The molecule has 0 aliphatic rings. The average Bonchev–Trinajstić information content (AvgIpc) is 2.93. The van der Waals surface area contributed by atoms with Crippen LogP contribution in [0.15, 0.2) is 42.1 Å². The Bertz CT molecular complexity index is 698. The number of hydrogen-bond donors (Lipinski definition) is 1. The van der Waals surface area contributed by atoms with Crippen LogP contribution in [0.2, 0.25) is 0 Å². The van der Waals surface area contributed by atoms with Gasteiger partial charge in [0.2, 0.25) is 11.1 Å². The first-order valence-corrected chi connectivity index (χ1v) is 7.49. The normalized spacial score (nSPS) is 10.2. The van der Waals surface area contributed by atoms with Gasteiger partial charge in [0, 0.05) is 11.3 Å². The topological polar surface area (TPSA) is 89.8 Å². The van der Waals surface area contributed by atoms with Crippen molar-refractivity contribution in [1.29, 1.82) is 0 Å². The lowest BCUT2D eigenvalue weighted by molar-refractivity contribution is -0.113. The van der Waals surface area contributed by atoms with Crippen molar-refractivity contribution < 1.29 is 9.59 Å². The standard InChI is InChI=1S/C14H15N5O2S/c1-3-7-19-14(16-17-18-19)22-9-13(21)15-12-6-4-5-11(8-12)10(2)20/h3-6,8H,1,7,9H2,2H3,(H,15,21). The lowest BCUT2D eigenvalue weighted by Crippen LogP contribution is -2.15. The van der Waals surface area contributed by atoms with E-state index in [-0.39, 0.29) is 17.4 Å². The number of Topliss-reactive ketones (excluding diaryl/α,β-unsaturated/α-hetero) is 1. The summed E-state index contributed by atoms with van der Waals surface area (Å²) < 4.78 is 1.56. The maximum Gasteiger partial charge on any atom is 0.234 e. The molecule has 1 aromatic heterocycles. The minimum atomic E-state index is -0.196. The molecule has 1 aromatic carbocycles. The van der Waals surface area contributed by atoms with Crippen molar-refractivity contribution in [3.8, 4) is 0 Å². The first-order chi connectivity index (χ1) is 10.6. The van der Waals surface area contributed by atoms with Gasteiger partial charge in [0.05, 0.1) is 12.3 Å². The second-order valence-electron chi connectivity index (χ2n) is 4.41. The van der Waals surface area contributed by atoms with Gasteiger partial charge in [0.25, 0.3) is 0 Å². The van der Waals surface area contributed by atoms with Crippen LogP contribution in [0.4, 0.5) is 5.69 Å². The van der Waals surface area contributed by atoms with E-state index in [9.17, 15) is 9.59 Å². The predicted octanol–water partition coefficient (Wildman–Crippen LogP) is 1.79. The maximum atomic E-state index is 11.9. The molecular weight excluding hydrogens is 302 g/mol. The molecule has 0 aliphatic heterocycles. The zero-order chi connectivity index (χ0) is 15.9. The van der Waals surface area contributed by atoms with Gasteiger partial charge >= 0.3 is 0 Å². The summed E-state index contributed by atoms with van der Waals surface area (Å²) in [6.45, 7) is 5.58. The van der Waals surface area contributed by atoms with E-state index >= 15 is 0 Å². The highest BCUT2D eigenvalue weighted by Crippen LogP contribution is 2.15. The Morgan fingerprint density at radius 1 is 1.45 bits per heavy atom. The van der Waals surface area contributed by atoms with Gasteiger partial charge in [-0.1, -0.05) is 30.0 Å². The number of benzene rings is 1. The number of nitrogens with zero attached hydrogens (tertiary/aromatic N) is 4. The number of thioether (sulfide) groups is 1. The van der Waals surface area contributed by atoms with Crippen LogP contribution >= 0.6 is 11.8 Å². The summed E-state index contributed by atoms with van der Waals surface area (Å²) in [6, 6.07) is 6.81. The molecule has 1 heterocycles. The van der Waals surface area contributed by atoms with Crippen molar-refractivity contribution >= 4 is 29.1 Å². The molecule has 0 spiro atoms. The SMILES string of the molecule is C=CCn1nnnc1SCC(=O)Nc1cccc(C(C)=O)c1. The Hall–Kier alpha value is -2.48. The number of rotatable bonds is 7. The van der Waals surface area contributed by atoms with Crippen molar-refractivity contribution in [2.45, 2.75) is 18.6 Å². The highest BCUT2D eigenvalue weighted by Gasteiger charge is 2.10. The second-order valence-corrected chi connectivity index (χ2v) is 5.35. The Labute approximate surface area is 131 Å². The van der Waals surface area contributed by atoms with Crippen molar-refractivity contribution in [2.24, 2.45) is 0 Å². The van der Waals surface area contributed by atoms with Crippen LogP contribution in [0.1, 0.15) is 17.3 Å².